The fourth-order valence-corrected chi connectivity index (χ4v) is 1.09. The Morgan fingerprint density at radius 1 is 1.59 bits per heavy atom. The van der Waals surface area contributed by atoms with Crippen LogP contribution in [0.3, 0.4) is 0 Å². The molecule has 1 heterocycles. The Labute approximate surface area is 98.2 Å². The number of hydrogen-bond acceptors (Lipinski definition) is 3. The van der Waals surface area contributed by atoms with Crippen LogP contribution in [0.1, 0.15) is 16.3 Å². The van der Waals surface area contributed by atoms with Crippen molar-refractivity contribution in [2.75, 3.05) is 13.6 Å². The first-order valence-electron chi connectivity index (χ1n) is 4.79. The van der Waals surface area contributed by atoms with Crippen LogP contribution in [0.25, 0.3) is 0 Å². The van der Waals surface area contributed by atoms with Crippen LogP contribution < -0.4 is 5.32 Å². The van der Waals surface area contributed by atoms with Gasteiger partial charge in [-0.05, 0) is 12.1 Å². The fraction of sp³-hybridized carbons (Fsp3) is 0.273. The highest BCUT2D eigenvalue weighted by Crippen LogP contribution is 2.07. The molecule has 0 spiro atoms. The maximum absolute atomic E-state index is 11.4. The first kappa shape index (κ1) is 12.6. The van der Waals surface area contributed by atoms with Crippen molar-refractivity contribution in [1.29, 1.82) is 0 Å². The lowest BCUT2D eigenvalue weighted by atomic mass is 10.4. The minimum atomic E-state index is -1.15. The van der Waals surface area contributed by atoms with E-state index in [1.54, 1.807) is 7.05 Å². The Kier molecular flexibility index (Phi) is 4.17. The summed E-state index contributed by atoms with van der Waals surface area (Å²) in [5, 5.41) is 11.2. The molecule has 0 radical (unpaired) electrons. The quantitative estimate of drug-likeness (QED) is 0.756. The molecule has 0 aromatic carbocycles. The molecule has 0 saturated heterocycles. The third kappa shape index (κ3) is 3.57. The van der Waals surface area contributed by atoms with Gasteiger partial charge in [0.1, 0.15) is 5.76 Å². The van der Waals surface area contributed by atoms with Crippen molar-refractivity contribution in [3.8, 4) is 12.3 Å². The van der Waals surface area contributed by atoms with Crippen LogP contribution >= 0.6 is 0 Å². The maximum atomic E-state index is 11.4. The molecule has 6 nitrogen and oxygen atoms in total. The van der Waals surface area contributed by atoms with Crippen molar-refractivity contribution < 1.29 is 19.1 Å². The monoisotopic (exact) mass is 236 g/mol. The van der Waals surface area contributed by atoms with Crippen LogP contribution in [-0.2, 0) is 6.54 Å². The van der Waals surface area contributed by atoms with E-state index in [0.29, 0.717) is 5.76 Å². The lowest BCUT2D eigenvalue weighted by Gasteiger charge is -2.13. The molecule has 90 valence electrons. The van der Waals surface area contributed by atoms with E-state index in [9.17, 15) is 9.59 Å². The SMILES string of the molecule is C#CCN(C)C(=O)NCc1ccc(C(=O)O)o1. The number of amides is 2. The fourth-order valence-electron chi connectivity index (χ4n) is 1.09. The van der Waals surface area contributed by atoms with Gasteiger partial charge in [-0.3, -0.25) is 0 Å². The van der Waals surface area contributed by atoms with E-state index in [1.165, 1.54) is 17.0 Å². The normalized spacial score (nSPS) is 9.41. The molecule has 0 saturated carbocycles. The van der Waals surface area contributed by atoms with Crippen LogP contribution in [0.4, 0.5) is 4.79 Å². The molecule has 17 heavy (non-hydrogen) atoms. The first-order chi connectivity index (χ1) is 8.04. The van der Waals surface area contributed by atoms with E-state index in [4.69, 9.17) is 15.9 Å². The summed E-state index contributed by atoms with van der Waals surface area (Å²) in [5.41, 5.74) is 0. The largest absolute Gasteiger partial charge is 0.475 e. The number of hydrogen-bond donors (Lipinski definition) is 2. The summed E-state index contributed by atoms with van der Waals surface area (Å²) in [6.45, 7) is 0.311. The van der Waals surface area contributed by atoms with Crippen molar-refractivity contribution in [2.45, 2.75) is 6.54 Å². The van der Waals surface area contributed by atoms with Crippen LogP contribution in [0.2, 0.25) is 0 Å². The summed E-state index contributed by atoms with van der Waals surface area (Å²) in [6.07, 6.45) is 5.06. The number of rotatable bonds is 4. The molecule has 2 amide bonds. The average molecular weight is 236 g/mol. The van der Waals surface area contributed by atoms with E-state index in [1.807, 2.05) is 0 Å². The summed E-state index contributed by atoms with van der Waals surface area (Å²) in [7, 11) is 1.56. The number of nitrogens with zero attached hydrogens (tertiary/aromatic N) is 1. The standard InChI is InChI=1S/C11H12N2O4/c1-3-6-13(2)11(16)12-7-8-4-5-9(17-8)10(14)15/h1,4-5H,6-7H2,2H3,(H,12,16)(H,14,15). The second kappa shape index (κ2) is 5.61. The van der Waals surface area contributed by atoms with Gasteiger partial charge in [0.2, 0.25) is 5.76 Å². The highest BCUT2D eigenvalue weighted by molar-refractivity contribution is 5.84. The maximum Gasteiger partial charge on any atom is 0.371 e. The number of aromatic carboxylic acids is 1. The summed E-state index contributed by atoms with van der Waals surface area (Å²) in [4.78, 5) is 23.3. The summed E-state index contributed by atoms with van der Waals surface area (Å²) < 4.78 is 4.96. The molecule has 0 unspecified atom stereocenters. The van der Waals surface area contributed by atoms with Crippen molar-refractivity contribution in [3.63, 3.8) is 0 Å². The number of terminal acetylenes is 1. The Bertz CT molecular complexity index is 458. The van der Waals surface area contributed by atoms with Crippen molar-refractivity contribution in [2.24, 2.45) is 0 Å². The van der Waals surface area contributed by atoms with Gasteiger partial charge in [-0.15, -0.1) is 6.42 Å². The van der Waals surface area contributed by atoms with Gasteiger partial charge in [0.15, 0.2) is 0 Å². The number of nitrogens with one attached hydrogen (secondary N) is 1. The van der Waals surface area contributed by atoms with Crippen LogP contribution in [0.5, 0.6) is 0 Å². The molecule has 1 rings (SSSR count). The number of carbonyl (C=O) groups excluding carboxylic acids is 1. The third-order valence-corrected chi connectivity index (χ3v) is 1.96. The first-order valence-corrected chi connectivity index (χ1v) is 4.79. The van der Waals surface area contributed by atoms with Gasteiger partial charge in [-0.1, -0.05) is 5.92 Å². The van der Waals surface area contributed by atoms with Gasteiger partial charge < -0.3 is 19.7 Å². The lowest BCUT2D eigenvalue weighted by molar-refractivity contribution is 0.0660. The summed E-state index contributed by atoms with van der Waals surface area (Å²) >= 11 is 0. The molecule has 6 heteroatoms. The zero-order valence-corrected chi connectivity index (χ0v) is 9.27. The van der Waals surface area contributed by atoms with Gasteiger partial charge in [-0.25, -0.2) is 9.59 Å². The molecule has 0 fully saturated rings. The van der Waals surface area contributed by atoms with Crippen LogP contribution in [0, 0.1) is 12.3 Å². The topological polar surface area (TPSA) is 82.8 Å². The molecule has 0 atom stereocenters. The molecule has 0 aliphatic carbocycles. The molecule has 0 aliphatic rings. The predicted octanol–water partition coefficient (Wildman–Crippen LogP) is 0.752. The molecule has 0 bridgehead atoms. The molecular formula is C11H12N2O4. The third-order valence-electron chi connectivity index (χ3n) is 1.96. The van der Waals surface area contributed by atoms with Gasteiger partial charge in [0.05, 0.1) is 13.1 Å². The summed E-state index contributed by atoms with van der Waals surface area (Å²) in [5.74, 6) is 1.39. The number of furan rings is 1. The van der Waals surface area contributed by atoms with E-state index >= 15 is 0 Å². The van der Waals surface area contributed by atoms with Crippen molar-refractivity contribution in [1.82, 2.24) is 10.2 Å². The second-order valence-electron chi connectivity index (χ2n) is 3.29. The van der Waals surface area contributed by atoms with Gasteiger partial charge in [-0.2, -0.15) is 0 Å². The Hall–Kier alpha value is -2.42. The van der Waals surface area contributed by atoms with E-state index in [-0.39, 0.29) is 24.9 Å². The Morgan fingerprint density at radius 3 is 2.82 bits per heavy atom. The number of urea groups is 1. The summed E-state index contributed by atoms with van der Waals surface area (Å²) in [6, 6.07) is 2.47. The van der Waals surface area contributed by atoms with E-state index in [2.05, 4.69) is 11.2 Å². The number of carboxylic acid groups (broad SMARTS) is 1. The molecule has 2 N–H and O–H groups in total. The van der Waals surface area contributed by atoms with Crippen LogP contribution in [-0.4, -0.2) is 35.6 Å². The number of carboxylic acids is 1. The van der Waals surface area contributed by atoms with Crippen LogP contribution in [0.15, 0.2) is 16.5 Å². The van der Waals surface area contributed by atoms with E-state index < -0.39 is 5.97 Å². The van der Waals surface area contributed by atoms with E-state index in [0.717, 1.165) is 0 Å². The van der Waals surface area contributed by atoms with Gasteiger partial charge in [0, 0.05) is 7.05 Å². The highest BCUT2D eigenvalue weighted by atomic mass is 16.4. The molecule has 1 aromatic rings. The molecule has 0 aliphatic heterocycles. The van der Waals surface area contributed by atoms with Crippen molar-refractivity contribution >= 4 is 12.0 Å². The number of carbonyl (C=O) groups is 2. The molecule has 1 aromatic heterocycles. The molecular weight excluding hydrogens is 224 g/mol. The van der Waals surface area contributed by atoms with Gasteiger partial charge >= 0.3 is 12.0 Å². The Morgan fingerprint density at radius 2 is 2.29 bits per heavy atom. The lowest BCUT2D eigenvalue weighted by Crippen LogP contribution is -2.36. The minimum Gasteiger partial charge on any atom is -0.475 e. The zero-order chi connectivity index (χ0) is 12.8. The Balaban J connectivity index is 2.48. The zero-order valence-electron chi connectivity index (χ0n) is 9.27. The predicted molar refractivity (Wildman–Crippen MR) is 59.4 cm³/mol. The van der Waals surface area contributed by atoms with Crippen molar-refractivity contribution in [3.05, 3.63) is 23.7 Å². The average Bonchev–Trinajstić information content (AvgIpc) is 2.75. The second-order valence-corrected chi connectivity index (χ2v) is 3.29. The smallest absolute Gasteiger partial charge is 0.371 e. The minimum absolute atomic E-state index is 0.112. The highest BCUT2D eigenvalue weighted by Gasteiger charge is 2.11. The van der Waals surface area contributed by atoms with Gasteiger partial charge in [0.25, 0.3) is 0 Å².